The molecule has 0 radical (unpaired) electrons. The molecule has 0 spiro atoms. The smallest absolute Gasteiger partial charge is 0.141 e. The van der Waals surface area contributed by atoms with Crippen molar-refractivity contribution in [2.45, 2.75) is 37.7 Å². The molecular formula is C21H23N3OS. The van der Waals surface area contributed by atoms with Gasteiger partial charge in [-0.25, -0.2) is 9.97 Å². The lowest BCUT2D eigenvalue weighted by molar-refractivity contribution is 0.0464. The predicted octanol–water partition coefficient (Wildman–Crippen LogP) is 4.44. The predicted molar refractivity (Wildman–Crippen MR) is 107 cm³/mol. The van der Waals surface area contributed by atoms with Gasteiger partial charge in [0.05, 0.1) is 11.5 Å². The Bertz CT molecular complexity index is 929. The average Bonchev–Trinajstić information content (AvgIpc) is 3.39. The lowest BCUT2D eigenvalue weighted by Gasteiger charge is -2.35. The summed E-state index contributed by atoms with van der Waals surface area (Å²) in [5.74, 6) is 3.16. The molecule has 1 N–H and O–H groups in total. The van der Waals surface area contributed by atoms with Crippen LogP contribution in [0.4, 0.5) is 5.82 Å². The van der Waals surface area contributed by atoms with Crippen molar-refractivity contribution in [3.8, 4) is 11.1 Å². The molecular weight excluding hydrogens is 342 g/mol. The van der Waals surface area contributed by atoms with Crippen molar-refractivity contribution in [2.75, 3.05) is 18.5 Å². The Morgan fingerprint density at radius 3 is 2.62 bits per heavy atom. The normalized spacial score (nSPS) is 22.4. The van der Waals surface area contributed by atoms with Crippen molar-refractivity contribution in [1.29, 1.82) is 0 Å². The number of nitrogens with zero attached hydrogens (tertiary/aromatic N) is 3. The van der Waals surface area contributed by atoms with E-state index in [2.05, 4.69) is 47.7 Å². The summed E-state index contributed by atoms with van der Waals surface area (Å²) in [5, 5.41) is 13.0. The van der Waals surface area contributed by atoms with Gasteiger partial charge < -0.3 is 10.0 Å². The summed E-state index contributed by atoms with van der Waals surface area (Å²) >= 11 is 1.72. The molecule has 3 aromatic rings. The zero-order valence-corrected chi connectivity index (χ0v) is 15.7. The number of aliphatic hydroxyl groups is 1. The number of thiophene rings is 1. The zero-order chi connectivity index (χ0) is 17.7. The number of anilines is 1. The SMILES string of the molecule is CN(CC1CC(O)C1)c1nc(C2CC2)nc2scc(-c3ccccc3)c12. The van der Waals surface area contributed by atoms with E-state index in [-0.39, 0.29) is 6.10 Å². The zero-order valence-electron chi connectivity index (χ0n) is 14.9. The highest BCUT2D eigenvalue weighted by molar-refractivity contribution is 7.17. The molecule has 2 aliphatic carbocycles. The molecule has 0 amide bonds. The molecule has 0 aliphatic heterocycles. The van der Waals surface area contributed by atoms with E-state index < -0.39 is 0 Å². The van der Waals surface area contributed by atoms with Crippen LogP contribution < -0.4 is 4.90 Å². The molecule has 134 valence electrons. The van der Waals surface area contributed by atoms with Crippen LogP contribution in [-0.2, 0) is 0 Å². The van der Waals surface area contributed by atoms with Gasteiger partial charge >= 0.3 is 0 Å². The molecule has 0 unspecified atom stereocenters. The number of hydrogen-bond donors (Lipinski definition) is 1. The molecule has 4 nitrogen and oxygen atoms in total. The highest BCUT2D eigenvalue weighted by Gasteiger charge is 2.31. The average molecular weight is 366 g/mol. The molecule has 0 saturated heterocycles. The lowest BCUT2D eigenvalue weighted by atomic mass is 9.82. The van der Waals surface area contributed by atoms with Crippen LogP contribution in [-0.4, -0.2) is 34.8 Å². The van der Waals surface area contributed by atoms with E-state index in [9.17, 15) is 5.11 Å². The van der Waals surface area contributed by atoms with Crippen LogP contribution in [0.15, 0.2) is 35.7 Å². The van der Waals surface area contributed by atoms with E-state index in [0.29, 0.717) is 11.8 Å². The number of rotatable bonds is 5. The van der Waals surface area contributed by atoms with Gasteiger partial charge in [-0.2, -0.15) is 0 Å². The quantitative estimate of drug-likeness (QED) is 0.726. The maximum absolute atomic E-state index is 9.62. The van der Waals surface area contributed by atoms with E-state index in [1.807, 2.05) is 0 Å². The van der Waals surface area contributed by atoms with Gasteiger partial charge in [0, 0.05) is 30.5 Å². The van der Waals surface area contributed by atoms with Crippen molar-refractivity contribution in [3.05, 3.63) is 41.5 Å². The first kappa shape index (κ1) is 16.2. The highest BCUT2D eigenvalue weighted by Crippen LogP contribution is 2.43. The summed E-state index contributed by atoms with van der Waals surface area (Å²) < 4.78 is 0. The Kier molecular flexibility index (Phi) is 3.94. The van der Waals surface area contributed by atoms with Crippen molar-refractivity contribution >= 4 is 27.4 Å². The molecule has 0 atom stereocenters. The number of benzene rings is 1. The third kappa shape index (κ3) is 2.89. The molecule has 2 heterocycles. The van der Waals surface area contributed by atoms with Gasteiger partial charge in [-0.3, -0.25) is 0 Å². The topological polar surface area (TPSA) is 49.2 Å². The van der Waals surface area contributed by atoms with Crippen molar-refractivity contribution in [2.24, 2.45) is 5.92 Å². The van der Waals surface area contributed by atoms with Crippen molar-refractivity contribution in [3.63, 3.8) is 0 Å². The van der Waals surface area contributed by atoms with Crippen LogP contribution in [0.2, 0.25) is 0 Å². The molecule has 0 bridgehead atoms. The van der Waals surface area contributed by atoms with Crippen molar-refractivity contribution < 1.29 is 5.11 Å². The van der Waals surface area contributed by atoms with Gasteiger partial charge in [0.15, 0.2) is 0 Å². The summed E-state index contributed by atoms with van der Waals surface area (Å²) in [6.45, 7) is 0.942. The molecule has 2 aliphatic rings. The summed E-state index contributed by atoms with van der Waals surface area (Å²) in [4.78, 5) is 13.3. The van der Waals surface area contributed by atoms with E-state index in [4.69, 9.17) is 9.97 Å². The first-order valence-electron chi connectivity index (χ1n) is 9.43. The van der Waals surface area contributed by atoms with Gasteiger partial charge in [0.25, 0.3) is 0 Å². The Morgan fingerprint density at radius 2 is 1.92 bits per heavy atom. The maximum atomic E-state index is 9.62. The molecule has 26 heavy (non-hydrogen) atoms. The molecule has 2 fully saturated rings. The van der Waals surface area contributed by atoms with E-state index >= 15 is 0 Å². The lowest BCUT2D eigenvalue weighted by Crippen LogP contribution is -2.37. The monoisotopic (exact) mass is 365 g/mol. The molecule has 5 heteroatoms. The fourth-order valence-electron chi connectivity index (χ4n) is 3.89. The van der Waals surface area contributed by atoms with Crippen LogP contribution in [0.1, 0.15) is 37.4 Å². The van der Waals surface area contributed by atoms with E-state index in [0.717, 1.165) is 35.9 Å². The number of hydrogen-bond acceptors (Lipinski definition) is 5. The largest absolute Gasteiger partial charge is 0.393 e. The van der Waals surface area contributed by atoms with Crippen LogP contribution in [0.25, 0.3) is 21.3 Å². The van der Waals surface area contributed by atoms with Crippen LogP contribution in [0, 0.1) is 5.92 Å². The third-order valence-electron chi connectivity index (χ3n) is 5.56. The molecule has 2 aromatic heterocycles. The fraction of sp³-hybridized carbons (Fsp3) is 0.429. The van der Waals surface area contributed by atoms with Crippen LogP contribution >= 0.6 is 11.3 Å². The Hall–Kier alpha value is -1.98. The highest BCUT2D eigenvalue weighted by atomic mass is 32.1. The maximum Gasteiger partial charge on any atom is 0.141 e. The van der Waals surface area contributed by atoms with E-state index in [1.165, 1.54) is 29.4 Å². The van der Waals surface area contributed by atoms with Gasteiger partial charge in [-0.15, -0.1) is 11.3 Å². The Balaban J connectivity index is 1.60. The minimum atomic E-state index is -0.109. The molecule has 1 aromatic carbocycles. The minimum absolute atomic E-state index is 0.109. The Morgan fingerprint density at radius 1 is 1.15 bits per heavy atom. The second-order valence-electron chi connectivity index (χ2n) is 7.75. The number of aliphatic hydroxyl groups excluding tert-OH is 1. The van der Waals surface area contributed by atoms with Gasteiger partial charge in [0.1, 0.15) is 16.5 Å². The van der Waals surface area contributed by atoms with Crippen LogP contribution in [0.3, 0.4) is 0 Å². The van der Waals surface area contributed by atoms with Gasteiger partial charge in [-0.05, 0) is 37.2 Å². The number of fused-ring (bicyclic) bond motifs is 1. The fourth-order valence-corrected chi connectivity index (χ4v) is 4.84. The van der Waals surface area contributed by atoms with Crippen molar-refractivity contribution in [1.82, 2.24) is 9.97 Å². The van der Waals surface area contributed by atoms with Gasteiger partial charge in [-0.1, -0.05) is 30.3 Å². The van der Waals surface area contributed by atoms with Crippen LogP contribution in [0.5, 0.6) is 0 Å². The summed E-state index contributed by atoms with van der Waals surface area (Å²) in [6.07, 6.45) is 4.12. The first-order valence-corrected chi connectivity index (χ1v) is 10.3. The minimum Gasteiger partial charge on any atom is -0.393 e. The molecule has 5 rings (SSSR count). The number of aromatic nitrogens is 2. The first-order chi connectivity index (χ1) is 12.7. The summed E-state index contributed by atoms with van der Waals surface area (Å²) in [6, 6.07) is 10.5. The standard InChI is InChI=1S/C21H23N3OS/c1-24(11-13-9-16(25)10-13)20-18-17(14-5-3-2-4-6-14)12-26-21(18)23-19(22-20)15-7-8-15/h2-6,12-13,15-16,25H,7-11H2,1H3. The third-order valence-corrected chi connectivity index (χ3v) is 6.44. The van der Waals surface area contributed by atoms with E-state index in [1.54, 1.807) is 11.3 Å². The van der Waals surface area contributed by atoms with Gasteiger partial charge in [0.2, 0.25) is 0 Å². The Labute approximate surface area is 157 Å². The second kappa shape index (κ2) is 6.32. The molecule has 2 saturated carbocycles. The summed E-state index contributed by atoms with van der Waals surface area (Å²) in [5.41, 5.74) is 2.44. The summed E-state index contributed by atoms with van der Waals surface area (Å²) in [7, 11) is 2.13. The second-order valence-corrected chi connectivity index (χ2v) is 8.61.